The summed E-state index contributed by atoms with van der Waals surface area (Å²) in [6, 6.07) is 26.0. The number of anilines is 1. The van der Waals surface area contributed by atoms with Gasteiger partial charge in [0.15, 0.2) is 0 Å². The quantitative estimate of drug-likeness (QED) is 0.409. The largest absolute Gasteiger partial charge is 0.331 e. The Labute approximate surface area is 198 Å². The van der Waals surface area contributed by atoms with Crippen molar-refractivity contribution in [1.29, 1.82) is 0 Å². The number of carbonyl (C=O) groups is 1. The van der Waals surface area contributed by atoms with Gasteiger partial charge in [-0.1, -0.05) is 42.5 Å². The second-order valence-corrected chi connectivity index (χ2v) is 8.78. The summed E-state index contributed by atoms with van der Waals surface area (Å²) in [7, 11) is 0. The number of thiazole rings is 1. The molecule has 8 heteroatoms. The van der Waals surface area contributed by atoms with Crippen LogP contribution in [0.2, 0.25) is 0 Å². The van der Waals surface area contributed by atoms with Gasteiger partial charge in [0.1, 0.15) is 11.6 Å². The van der Waals surface area contributed by atoms with Gasteiger partial charge < -0.3 is 5.32 Å². The van der Waals surface area contributed by atoms with Crippen molar-refractivity contribution in [3.8, 4) is 10.6 Å². The van der Waals surface area contributed by atoms with E-state index < -0.39 is 17.2 Å². The molecule has 34 heavy (non-hydrogen) atoms. The first-order chi connectivity index (χ1) is 16.6. The van der Waals surface area contributed by atoms with Crippen LogP contribution in [0.3, 0.4) is 0 Å². The Morgan fingerprint density at radius 1 is 0.882 bits per heavy atom. The average molecular weight is 469 g/mol. The molecule has 5 rings (SSSR count). The van der Waals surface area contributed by atoms with Crippen molar-refractivity contribution in [2.24, 2.45) is 0 Å². The maximum absolute atomic E-state index is 12.8. The molecule has 2 heterocycles. The van der Waals surface area contributed by atoms with E-state index in [9.17, 15) is 14.4 Å². The molecule has 0 saturated carbocycles. The molecule has 0 aliphatic carbocycles. The van der Waals surface area contributed by atoms with Gasteiger partial charge >= 0.3 is 5.69 Å². The van der Waals surface area contributed by atoms with Crippen molar-refractivity contribution in [3.63, 3.8) is 0 Å². The smallest absolute Gasteiger partial charge is 0.325 e. The van der Waals surface area contributed by atoms with Crippen LogP contribution < -0.4 is 16.6 Å². The van der Waals surface area contributed by atoms with Crippen LogP contribution in [0.25, 0.3) is 20.8 Å². The minimum atomic E-state index is -0.530. The van der Waals surface area contributed by atoms with E-state index >= 15 is 0 Å². The molecule has 0 spiro atoms. The van der Waals surface area contributed by atoms with Crippen LogP contribution in [0.5, 0.6) is 0 Å². The lowest BCUT2D eigenvalue weighted by molar-refractivity contribution is -0.116. The first-order valence-electron chi connectivity index (χ1n) is 10.7. The molecular weight excluding hydrogens is 448 g/mol. The Hall–Kier alpha value is -4.30. The monoisotopic (exact) mass is 468 g/mol. The van der Waals surface area contributed by atoms with E-state index in [1.54, 1.807) is 23.5 Å². The molecule has 0 bridgehead atoms. The SMILES string of the molecule is O=C(Cn1c(=O)ccn(Cc2ccccc2)c1=O)Nc1ccc(-c2nc3ccccc3s2)cc1. The van der Waals surface area contributed by atoms with Gasteiger partial charge in [0.05, 0.1) is 16.8 Å². The zero-order valence-electron chi connectivity index (χ0n) is 18.0. The Bertz CT molecular complexity index is 1550. The third kappa shape index (κ3) is 4.57. The highest BCUT2D eigenvalue weighted by Crippen LogP contribution is 2.30. The standard InChI is InChI=1S/C26H20N4O3S/c31-23(17-30-24(32)14-15-29(26(30)33)16-18-6-2-1-3-7-18)27-20-12-10-19(11-13-20)25-28-21-8-4-5-9-22(21)34-25/h1-15H,16-17H2,(H,27,31). The van der Waals surface area contributed by atoms with E-state index in [-0.39, 0.29) is 6.54 Å². The summed E-state index contributed by atoms with van der Waals surface area (Å²) in [5.74, 6) is -0.454. The molecule has 0 aliphatic heterocycles. The lowest BCUT2D eigenvalue weighted by atomic mass is 10.2. The Balaban J connectivity index is 1.30. The number of benzene rings is 3. The van der Waals surface area contributed by atoms with Crippen LogP contribution >= 0.6 is 11.3 Å². The topological polar surface area (TPSA) is 86.0 Å². The molecule has 3 aromatic carbocycles. The lowest BCUT2D eigenvalue weighted by Crippen LogP contribution is -2.41. The number of nitrogens with one attached hydrogen (secondary N) is 1. The number of carbonyl (C=O) groups excluding carboxylic acids is 1. The summed E-state index contributed by atoms with van der Waals surface area (Å²) in [5, 5.41) is 3.65. The maximum Gasteiger partial charge on any atom is 0.331 e. The van der Waals surface area contributed by atoms with E-state index in [1.165, 1.54) is 16.8 Å². The van der Waals surface area contributed by atoms with Gasteiger partial charge in [0.25, 0.3) is 5.56 Å². The predicted octanol–water partition coefficient (Wildman–Crippen LogP) is 3.97. The van der Waals surface area contributed by atoms with Gasteiger partial charge in [-0.2, -0.15) is 0 Å². The van der Waals surface area contributed by atoms with Gasteiger partial charge in [-0.3, -0.25) is 18.7 Å². The number of amides is 1. The molecule has 0 saturated heterocycles. The number of para-hydroxylation sites is 1. The van der Waals surface area contributed by atoms with Crippen LogP contribution in [-0.4, -0.2) is 20.0 Å². The number of nitrogens with zero attached hydrogens (tertiary/aromatic N) is 3. The Morgan fingerprint density at radius 3 is 2.38 bits per heavy atom. The Kier molecular flexibility index (Phi) is 5.88. The van der Waals surface area contributed by atoms with Gasteiger partial charge in [-0.25, -0.2) is 9.78 Å². The summed E-state index contributed by atoms with van der Waals surface area (Å²) in [5.41, 5.74) is 2.35. The van der Waals surface area contributed by atoms with E-state index in [4.69, 9.17) is 0 Å². The van der Waals surface area contributed by atoms with Crippen LogP contribution in [0, 0.1) is 0 Å². The van der Waals surface area contributed by atoms with Crippen LogP contribution in [0.4, 0.5) is 5.69 Å². The summed E-state index contributed by atoms with van der Waals surface area (Å²) in [6.45, 7) is -0.0539. The number of hydrogen-bond donors (Lipinski definition) is 1. The molecule has 0 aliphatic rings. The van der Waals surface area contributed by atoms with Crippen LogP contribution in [-0.2, 0) is 17.9 Å². The lowest BCUT2D eigenvalue weighted by Gasteiger charge is -2.10. The van der Waals surface area contributed by atoms with E-state index in [0.29, 0.717) is 12.2 Å². The van der Waals surface area contributed by atoms with Crippen LogP contribution in [0.15, 0.2) is 101 Å². The number of aromatic nitrogens is 3. The Morgan fingerprint density at radius 2 is 1.62 bits per heavy atom. The van der Waals surface area contributed by atoms with Gasteiger partial charge in [0.2, 0.25) is 5.91 Å². The van der Waals surface area contributed by atoms with Crippen molar-refractivity contribution >= 4 is 33.1 Å². The fourth-order valence-electron chi connectivity index (χ4n) is 3.64. The maximum atomic E-state index is 12.8. The first kappa shape index (κ1) is 21.5. The second-order valence-electron chi connectivity index (χ2n) is 7.75. The van der Waals surface area contributed by atoms with Gasteiger partial charge in [-0.05, 0) is 42.0 Å². The fourth-order valence-corrected chi connectivity index (χ4v) is 4.61. The van der Waals surface area contributed by atoms with E-state index in [0.717, 1.165) is 30.9 Å². The van der Waals surface area contributed by atoms with Crippen molar-refractivity contribution in [1.82, 2.24) is 14.1 Å². The number of hydrogen-bond acceptors (Lipinski definition) is 5. The minimum Gasteiger partial charge on any atom is -0.325 e. The molecule has 0 radical (unpaired) electrons. The third-order valence-corrected chi connectivity index (χ3v) is 6.43. The highest BCUT2D eigenvalue weighted by atomic mass is 32.1. The molecule has 0 unspecified atom stereocenters. The highest BCUT2D eigenvalue weighted by Gasteiger charge is 2.11. The number of fused-ring (bicyclic) bond motifs is 1. The van der Waals surface area contributed by atoms with E-state index in [1.807, 2.05) is 66.7 Å². The number of rotatable bonds is 6. The fraction of sp³-hybridized carbons (Fsp3) is 0.0769. The summed E-state index contributed by atoms with van der Waals surface area (Å²) in [4.78, 5) is 42.3. The molecule has 0 atom stereocenters. The van der Waals surface area contributed by atoms with Crippen molar-refractivity contribution in [2.45, 2.75) is 13.1 Å². The molecule has 7 nitrogen and oxygen atoms in total. The van der Waals surface area contributed by atoms with Crippen LogP contribution in [0.1, 0.15) is 5.56 Å². The van der Waals surface area contributed by atoms with Crippen molar-refractivity contribution < 1.29 is 4.79 Å². The minimum absolute atomic E-state index is 0.314. The molecule has 168 valence electrons. The summed E-state index contributed by atoms with van der Waals surface area (Å²) < 4.78 is 3.46. The summed E-state index contributed by atoms with van der Waals surface area (Å²) in [6.07, 6.45) is 1.45. The highest BCUT2D eigenvalue weighted by molar-refractivity contribution is 7.21. The molecule has 1 amide bonds. The van der Waals surface area contributed by atoms with E-state index in [2.05, 4.69) is 10.3 Å². The molecular formula is C26H20N4O3S. The molecule has 0 fully saturated rings. The second kappa shape index (κ2) is 9.29. The normalized spacial score (nSPS) is 10.9. The third-order valence-electron chi connectivity index (χ3n) is 5.35. The summed E-state index contributed by atoms with van der Waals surface area (Å²) >= 11 is 1.60. The molecule has 5 aromatic rings. The van der Waals surface area contributed by atoms with Crippen molar-refractivity contribution in [2.75, 3.05) is 5.32 Å². The predicted molar refractivity (Wildman–Crippen MR) is 134 cm³/mol. The van der Waals surface area contributed by atoms with Gasteiger partial charge in [-0.15, -0.1) is 11.3 Å². The van der Waals surface area contributed by atoms with Crippen molar-refractivity contribution in [3.05, 3.63) is 118 Å². The zero-order valence-corrected chi connectivity index (χ0v) is 18.9. The first-order valence-corrected chi connectivity index (χ1v) is 11.5. The average Bonchev–Trinajstić information content (AvgIpc) is 3.29. The van der Waals surface area contributed by atoms with Gasteiger partial charge in [0, 0.05) is 23.5 Å². The molecule has 1 N–H and O–H groups in total. The molecule has 2 aromatic heterocycles. The zero-order chi connectivity index (χ0) is 23.5.